The zero-order valence-electron chi connectivity index (χ0n) is 17.5. The van der Waals surface area contributed by atoms with Gasteiger partial charge in [-0.2, -0.15) is 13.2 Å². The molecule has 1 amide bonds. The van der Waals surface area contributed by atoms with Crippen molar-refractivity contribution in [3.63, 3.8) is 0 Å². The van der Waals surface area contributed by atoms with E-state index in [0.717, 1.165) is 18.5 Å². The van der Waals surface area contributed by atoms with Crippen molar-refractivity contribution in [3.05, 3.63) is 70.4 Å². The fourth-order valence-electron chi connectivity index (χ4n) is 3.19. The fourth-order valence-corrected chi connectivity index (χ4v) is 3.81. The predicted molar refractivity (Wildman–Crippen MR) is 112 cm³/mol. The second kappa shape index (κ2) is 8.58. The van der Waals surface area contributed by atoms with Crippen LogP contribution in [0, 0.1) is 18.6 Å². The number of alkyl halides is 3. The molecule has 2 aromatic carbocycles. The highest BCUT2D eigenvalue weighted by Crippen LogP contribution is 2.33. The van der Waals surface area contributed by atoms with E-state index in [9.17, 15) is 35.2 Å². The molecule has 1 unspecified atom stereocenters. The number of nitrogens with zero attached hydrogens (tertiary/aromatic N) is 1. The number of pyridine rings is 1. The number of fused-ring (bicyclic) bond motifs is 1. The number of anilines is 1. The number of aromatic nitrogens is 1. The van der Waals surface area contributed by atoms with Crippen molar-refractivity contribution >= 4 is 32.5 Å². The molecule has 0 aliphatic rings. The topological polar surface area (TPSA) is 88.2 Å². The van der Waals surface area contributed by atoms with Crippen LogP contribution in [0.4, 0.5) is 27.6 Å². The third-order valence-corrected chi connectivity index (χ3v) is 5.38. The van der Waals surface area contributed by atoms with E-state index in [1.54, 1.807) is 6.92 Å². The van der Waals surface area contributed by atoms with E-state index in [4.69, 9.17) is 0 Å². The van der Waals surface area contributed by atoms with E-state index in [0.29, 0.717) is 17.7 Å². The van der Waals surface area contributed by atoms with Gasteiger partial charge in [0.25, 0.3) is 5.91 Å². The Labute approximate surface area is 185 Å². The van der Waals surface area contributed by atoms with Gasteiger partial charge in [0.15, 0.2) is 0 Å². The summed E-state index contributed by atoms with van der Waals surface area (Å²) in [5.74, 6) is -2.98. The van der Waals surface area contributed by atoms with Crippen LogP contribution in [0.25, 0.3) is 10.9 Å². The Morgan fingerprint density at radius 2 is 1.73 bits per heavy atom. The van der Waals surface area contributed by atoms with E-state index >= 15 is 0 Å². The summed E-state index contributed by atoms with van der Waals surface area (Å²) in [7, 11) is -3.62. The maximum absolute atomic E-state index is 14.6. The number of sulfonamides is 1. The summed E-state index contributed by atoms with van der Waals surface area (Å²) >= 11 is 0. The Bertz CT molecular complexity index is 1360. The van der Waals surface area contributed by atoms with E-state index in [1.807, 2.05) is 0 Å². The van der Waals surface area contributed by atoms with E-state index in [2.05, 4.69) is 15.0 Å². The molecular formula is C21H18F5N3O3S. The lowest BCUT2D eigenvalue weighted by molar-refractivity contribution is -0.139. The van der Waals surface area contributed by atoms with E-state index < -0.39 is 45.3 Å². The fraction of sp³-hybridized carbons (Fsp3) is 0.238. The van der Waals surface area contributed by atoms with Crippen LogP contribution in [-0.4, -0.2) is 25.6 Å². The zero-order chi connectivity index (χ0) is 24.7. The number of nitrogens with one attached hydrogen (secondary N) is 2. The van der Waals surface area contributed by atoms with Crippen LogP contribution in [0.1, 0.15) is 40.0 Å². The summed E-state index contributed by atoms with van der Waals surface area (Å²) in [4.78, 5) is 16.4. The minimum atomic E-state index is -4.89. The van der Waals surface area contributed by atoms with E-state index in [-0.39, 0.29) is 27.7 Å². The van der Waals surface area contributed by atoms with Gasteiger partial charge < -0.3 is 5.32 Å². The standard InChI is InChI=1S/C21H18F5N3O3S/c1-10-4-14(16(22)8-18(10)29-33(3,31)32)11(2)28-20(30)13-5-12-6-17(23)15(21(24,25)26)7-19(12)27-9-13/h4-9,11,29H,1-3H3,(H,28,30). The Morgan fingerprint density at radius 1 is 1.06 bits per heavy atom. The van der Waals surface area contributed by atoms with Gasteiger partial charge >= 0.3 is 6.18 Å². The Hall–Kier alpha value is -3.28. The van der Waals surface area contributed by atoms with Gasteiger partial charge in [-0.15, -0.1) is 0 Å². The smallest absolute Gasteiger partial charge is 0.345 e. The van der Waals surface area contributed by atoms with Crippen molar-refractivity contribution in [3.8, 4) is 0 Å². The van der Waals surface area contributed by atoms with Crippen LogP contribution in [0.3, 0.4) is 0 Å². The second-order valence-electron chi connectivity index (χ2n) is 7.50. The molecule has 3 aromatic rings. The molecular weight excluding hydrogens is 469 g/mol. The van der Waals surface area contributed by atoms with Crippen LogP contribution in [0.15, 0.2) is 36.5 Å². The Morgan fingerprint density at radius 3 is 2.33 bits per heavy atom. The maximum Gasteiger partial charge on any atom is 0.419 e. The summed E-state index contributed by atoms with van der Waals surface area (Å²) in [6.07, 6.45) is -2.93. The molecule has 1 heterocycles. The molecule has 0 aliphatic heterocycles. The van der Waals surface area contributed by atoms with Crippen molar-refractivity contribution in [1.82, 2.24) is 10.3 Å². The third-order valence-electron chi connectivity index (χ3n) is 4.79. The number of aryl methyl sites for hydroxylation is 1. The molecule has 6 nitrogen and oxygen atoms in total. The van der Waals surface area contributed by atoms with Crippen molar-refractivity contribution in [2.24, 2.45) is 0 Å². The largest absolute Gasteiger partial charge is 0.419 e. The van der Waals surface area contributed by atoms with Crippen molar-refractivity contribution in [2.45, 2.75) is 26.1 Å². The number of hydrogen-bond donors (Lipinski definition) is 2. The predicted octanol–water partition coefficient (Wildman–Crippen LogP) is 4.70. The first kappa shape index (κ1) is 24.4. The molecule has 0 fully saturated rings. The molecule has 176 valence electrons. The monoisotopic (exact) mass is 487 g/mol. The first-order valence-corrected chi connectivity index (χ1v) is 11.3. The molecule has 0 aliphatic carbocycles. The molecule has 3 rings (SSSR count). The summed E-state index contributed by atoms with van der Waals surface area (Å²) in [5, 5.41) is 2.52. The van der Waals surface area contributed by atoms with Gasteiger partial charge in [-0.05, 0) is 49.7 Å². The van der Waals surface area contributed by atoms with Gasteiger partial charge in [-0.25, -0.2) is 17.2 Å². The third kappa shape index (κ3) is 5.56. The molecule has 0 radical (unpaired) electrons. The molecule has 0 saturated carbocycles. The number of amides is 1. The minimum Gasteiger partial charge on any atom is -0.345 e. The molecule has 2 N–H and O–H groups in total. The van der Waals surface area contributed by atoms with Crippen LogP contribution >= 0.6 is 0 Å². The van der Waals surface area contributed by atoms with Crippen molar-refractivity contribution in [2.75, 3.05) is 11.0 Å². The molecule has 33 heavy (non-hydrogen) atoms. The highest BCUT2D eigenvalue weighted by Gasteiger charge is 2.34. The molecule has 12 heteroatoms. The summed E-state index contributed by atoms with van der Waals surface area (Å²) in [6.45, 7) is 3.05. The summed E-state index contributed by atoms with van der Waals surface area (Å²) in [6, 6.07) is 3.88. The number of rotatable bonds is 5. The number of benzene rings is 2. The van der Waals surface area contributed by atoms with Crippen LogP contribution < -0.4 is 10.0 Å². The van der Waals surface area contributed by atoms with Gasteiger partial charge in [-0.1, -0.05) is 0 Å². The van der Waals surface area contributed by atoms with Gasteiger partial charge in [0.2, 0.25) is 10.0 Å². The van der Waals surface area contributed by atoms with Crippen LogP contribution in [0.2, 0.25) is 0 Å². The second-order valence-corrected chi connectivity index (χ2v) is 9.25. The van der Waals surface area contributed by atoms with Gasteiger partial charge in [0.1, 0.15) is 11.6 Å². The van der Waals surface area contributed by atoms with Gasteiger partial charge in [0, 0.05) is 17.1 Å². The quantitative estimate of drug-likeness (QED) is 0.511. The lowest BCUT2D eigenvalue weighted by Crippen LogP contribution is -2.27. The number of carbonyl (C=O) groups excluding carboxylic acids is 1. The normalized spacial score (nSPS) is 13.1. The molecule has 0 saturated heterocycles. The molecule has 1 aromatic heterocycles. The molecule has 1 atom stereocenters. The van der Waals surface area contributed by atoms with Crippen LogP contribution in [0.5, 0.6) is 0 Å². The van der Waals surface area contributed by atoms with Crippen LogP contribution in [-0.2, 0) is 16.2 Å². The first-order chi connectivity index (χ1) is 15.2. The SMILES string of the molecule is Cc1cc(C(C)NC(=O)c2cnc3cc(C(F)(F)F)c(F)cc3c2)c(F)cc1NS(C)(=O)=O. The highest BCUT2D eigenvalue weighted by molar-refractivity contribution is 7.92. The lowest BCUT2D eigenvalue weighted by atomic mass is 10.0. The summed E-state index contributed by atoms with van der Waals surface area (Å²) in [5.41, 5.74) is -1.13. The number of carbonyl (C=O) groups is 1. The lowest BCUT2D eigenvalue weighted by Gasteiger charge is -2.18. The average molecular weight is 487 g/mol. The summed E-state index contributed by atoms with van der Waals surface area (Å²) < 4.78 is 92.0. The van der Waals surface area contributed by atoms with Crippen molar-refractivity contribution in [1.29, 1.82) is 0 Å². The zero-order valence-corrected chi connectivity index (χ0v) is 18.3. The number of hydrogen-bond acceptors (Lipinski definition) is 4. The highest BCUT2D eigenvalue weighted by atomic mass is 32.2. The number of halogens is 5. The average Bonchev–Trinajstić information content (AvgIpc) is 2.67. The minimum absolute atomic E-state index is 0.0148. The maximum atomic E-state index is 14.6. The van der Waals surface area contributed by atoms with Crippen molar-refractivity contribution < 1.29 is 35.2 Å². The first-order valence-electron chi connectivity index (χ1n) is 9.41. The molecule has 0 spiro atoms. The van der Waals surface area contributed by atoms with E-state index in [1.165, 1.54) is 19.1 Å². The Kier molecular flexibility index (Phi) is 6.33. The van der Waals surface area contributed by atoms with Gasteiger partial charge in [-0.3, -0.25) is 14.5 Å². The Balaban J connectivity index is 1.85. The molecule has 0 bridgehead atoms. The van der Waals surface area contributed by atoms with Gasteiger partial charge in [0.05, 0.1) is 34.6 Å².